The Hall–Kier alpha value is -2.60. The molecular formula is C17H15NO2. The topological polar surface area (TPSA) is 50.1 Å². The fourth-order valence-corrected chi connectivity index (χ4v) is 2.00. The predicted octanol–water partition coefficient (Wildman–Crippen LogP) is 3.53. The number of rotatable bonds is 3. The second-order valence-corrected chi connectivity index (χ2v) is 4.71. The van der Waals surface area contributed by atoms with Gasteiger partial charge in [0.05, 0.1) is 17.2 Å². The summed E-state index contributed by atoms with van der Waals surface area (Å²) in [5.41, 5.74) is 3.96. The third-order valence-electron chi connectivity index (χ3n) is 3.03. The highest BCUT2D eigenvalue weighted by Crippen LogP contribution is 2.13. The van der Waals surface area contributed by atoms with Crippen molar-refractivity contribution in [1.29, 1.82) is 5.26 Å². The number of nitriles is 1. The van der Waals surface area contributed by atoms with Crippen LogP contribution in [-0.2, 0) is 11.3 Å². The zero-order valence-corrected chi connectivity index (χ0v) is 11.5. The molecule has 20 heavy (non-hydrogen) atoms. The summed E-state index contributed by atoms with van der Waals surface area (Å²) in [5.74, 6) is -0.343. The van der Waals surface area contributed by atoms with Gasteiger partial charge < -0.3 is 4.74 Å². The van der Waals surface area contributed by atoms with Gasteiger partial charge in [-0.15, -0.1) is 0 Å². The van der Waals surface area contributed by atoms with Crippen molar-refractivity contribution >= 4 is 5.97 Å². The van der Waals surface area contributed by atoms with E-state index in [0.717, 1.165) is 16.7 Å². The molecule has 0 atom stereocenters. The molecule has 0 fully saturated rings. The predicted molar refractivity (Wildman–Crippen MR) is 76.2 cm³/mol. The first-order chi connectivity index (χ1) is 9.60. The molecule has 100 valence electrons. The highest BCUT2D eigenvalue weighted by atomic mass is 16.5. The average Bonchev–Trinajstić information content (AvgIpc) is 2.45. The molecule has 0 aliphatic rings. The number of hydrogen-bond acceptors (Lipinski definition) is 3. The van der Waals surface area contributed by atoms with Crippen LogP contribution in [0.15, 0.2) is 42.5 Å². The van der Waals surface area contributed by atoms with Gasteiger partial charge in [-0.1, -0.05) is 29.8 Å². The number of carbonyl (C=O) groups excluding carboxylic acids is 1. The molecule has 2 aromatic carbocycles. The molecule has 3 nitrogen and oxygen atoms in total. The van der Waals surface area contributed by atoms with E-state index in [2.05, 4.69) is 6.07 Å². The lowest BCUT2D eigenvalue weighted by molar-refractivity contribution is 0.0472. The highest BCUT2D eigenvalue weighted by molar-refractivity contribution is 5.91. The summed E-state index contributed by atoms with van der Waals surface area (Å²) in [6.45, 7) is 4.04. The first-order valence-electron chi connectivity index (χ1n) is 6.33. The zero-order valence-electron chi connectivity index (χ0n) is 11.5. The van der Waals surface area contributed by atoms with Gasteiger partial charge in [-0.2, -0.15) is 5.26 Å². The van der Waals surface area contributed by atoms with Crippen molar-refractivity contribution in [3.8, 4) is 6.07 Å². The summed E-state index contributed by atoms with van der Waals surface area (Å²) in [7, 11) is 0. The van der Waals surface area contributed by atoms with E-state index < -0.39 is 0 Å². The van der Waals surface area contributed by atoms with Crippen molar-refractivity contribution in [2.45, 2.75) is 20.5 Å². The number of carbonyl (C=O) groups is 1. The Morgan fingerprint density at radius 3 is 2.70 bits per heavy atom. The maximum atomic E-state index is 12.0. The van der Waals surface area contributed by atoms with Crippen molar-refractivity contribution in [3.05, 3.63) is 70.3 Å². The van der Waals surface area contributed by atoms with Crippen LogP contribution in [0.5, 0.6) is 0 Å². The molecule has 0 bridgehead atoms. The molecule has 2 rings (SSSR count). The van der Waals surface area contributed by atoms with Crippen LogP contribution in [-0.4, -0.2) is 5.97 Å². The Labute approximate surface area is 118 Å². The summed E-state index contributed by atoms with van der Waals surface area (Å²) in [6.07, 6.45) is 0. The minimum atomic E-state index is -0.343. The Bertz CT molecular complexity index is 684. The highest BCUT2D eigenvalue weighted by Gasteiger charge is 2.10. The van der Waals surface area contributed by atoms with E-state index in [1.54, 1.807) is 24.3 Å². The molecule has 0 unspecified atom stereocenters. The number of ether oxygens (including phenoxy) is 1. The third kappa shape index (κ3) is 3.24. The fourth-order valence-electron chi connectivity index (χ4n) is 2.00. The fraction of sp³-hybridized carbons (Fsp3) is 0.176. The molecule has 0 aliphatic carbocycles. The molecule has 3 heteroatoms. The summed E-state index contributed by atoms with van der Waals surface area (Å²) in [4.78, 5) is 12.0. The van der Waals surface area contributed by atoms with Crippen LogP contribution in [0.2, 0.25) is 0 Å². The van der Waals surface area contributed by atoms with Crippen LogP contribution in [0.25, 0.3) is 0 Å². The van der Waals surface area contributed by atoms with Crippen LogP contribution < -0.4 is 0 Å². The van der Waals surface area contributed by atoms with Crippen molar-refractivity contribution < 1.29 is 9.53 Å². The van der Waals surface area contributed by atoms with Gasteiger partial charge in [-0.3, -0.25) is 0 Å². The Morgan fingerprint density at radius 2 is 2.00 bits per heavy atom. The largest absolute Gasteiger partial charge is 0.457 e. The van der Waals surface area contributed by atoms with Gasteiger partial charge in [-0.25, -0.2) is 4.79 Å². The first kappa shape index (κ1) is 13.8. The molecule has 0 N–H and O–H groups in total. The van der Waals surface area contributed by atoms with Gasteiger partial charge in [0.2, 0.25) is 0 Å². The first-order valence-corrected chi connectivity index (χ1v) is 6.33. The molecule has 0 saturated carbocycles. The normalized spacial score (nSPS) is 9.85. The van der Waals surface area contributed by atoms with Crippen molar-refractivity contribution in [2.75, 3.05) is 0 Å². The van der Waals surface area contributed by atoms with E-state index in [1.165, 1.54) is 0 Å². The van der Waals surface area contributed by atoms with Crippen molar-refractivity contribution in [1.82, 2.24) is 0 Å². The summed E-state index contributed by atoms with van der Waals surface area (Å²) < 4.78 is 5.29. The molecule has 0 saturated heterocycles. The monoisotopic (exact) mass is 265 g/mol. The second kappa shape index (κ2) is 6.03. The quantitative estimate of drug-likeness (QED) is 0.798. The van der Waals surface area contributed by atoms with E-state index in [0.29, 0.717) is 11.1 Å². The van der Waals surface area contributed by atoms with Gasteiger partial charge in [0.25, 0.3) is 0 Å². The van der Waals surface area contributed by atoms with Crippen molar-refractivity contribution in [3.63, 3.8) is 0 Å². The van der Waals surface area contributed by atoms with Gasteiger partial charge in [0, 0.05) is 0 Å². The lowest BCUT2D eigenvalue weighted by atomic mass is 10.1. The average molecular weight is 265 g/mol. The molecule has 0 aromatic heterocycles. The van der Waals surface area contributed by atoms with E-state index >= 15 is 0 Å². The smallest absolute Gasteiger partial charge is 0.338 e. The maximum Gasteiger partial charge on any atom is 0.338 e. The van der Waals surface area contributed by atoms with Crippen LogP contribution in [0, 0.1) is 25.2 Å². The molecule has 0 amide bonds. The maximum absolute atomic E-state index is 12.0. The second-order valence-electron chi connectivity index (χ2n) is 4.71. The molecule has 2 aromatic rings. The number of aryl methyl sites for hydroxylation is 2. The van der Waals surface area contributed by atoms with Gasteiger partial charge >= 0.3 is 5.97 Å². The van der Waals surface area contributed by atoms with Crippen molar-refractivity contribution in [2.24, 2.45) is 0 Å². The Kier molecular flexibility index (Phi) is 4.17. The Morgan fingerprint density at radius 1 is 1.20 bits per heavy atom. The van der Waals surface area contributed by atoms with E-state index in [4.69, 9.17) is 10.00 Å². The molecule has 0 aliphatic heterocycles. The standard InChI is InChI=1S/C17H15NO2/c1-12-6-7-16(13(2)8-12)17(19)20-11-15-5-3-4-14(9-15)10-18/h3-9H,11H2,1-2H3. The van der Waals surface area contributed by atoms with Crippen LogP contribution in [0.1, 0.15) is 32.6 Å². The lowest BCUT2D eigenvalue weighted by Crippen LogP contribution is -2.07. The third-order valence-corrected chi connectivity index (χ3v) is 3.03. The SMILES string of the molecule is Cc1ccc(C(=O)OCc2cccc(C#N)c2)c(C)c1. The molecule has 0 heterocycles. The summed E-state index contributed by atoms with van der Waals surface area (Å²) in [5, 5.41) is 8.82. The minimum Gasteiger partial charge on any atom is -0.457 e. The number of nitrogens with zero attached hydrogens (tertiary/aromatic N) is 1. The Balaban J connectivity index is 2.07. The van der Waals surface area contributed by atoms with Gasteiger partial charge in [-0.05, 0) is 43.2 Å². The molecule has 0 spiro atoms. The zero-order chi connectivity index (χ0) is 14.5. The van der Waals surface area contributed by atoms with Crippen LogP contribution in [0.4, 0.5) is 0 Å². The van der Waals surface area contributed by atoms with E-state index in [1.807, 2.05) is 32.0 Å². The summed E-state index contributed by atoms with van der Waals surface area (Å²) in [6, 6.07) is 14.7. The number of hydrogen-bond donors (Lipinski definition) is 0. The van der Waals surface area contributed by atoms with Crippen LogP contribution in [0.3, 0.4) is 0 Å². The van der Waals surface area contributed by atoms with E-state index in [9.17, 15) is 4.79 Å². The molecule has 0 radical (unpaired) electrons. The lowest BCUT2D eigenvalue weighted by Gasteiger charge is -2.08. The van der Waals surface area contributed by atoms with Gasteiger partial charge in [0.1, 0.15) is 6.61 Å². The minimum absolute atomic E-state index is 0.168. The summed E-state index contributed by atoms with van der Waals surface area (Å²) >= 11 is 0. The van der Waals surface area contributed by atoms with Gasteiger partial charge in [0.15, 0.2) is 0 Å². The van der Waals surface area contributed by atoms with Crippen LogP contribution >= 0.6 is 0 Å². The number of esters is 1. The number of benzene rings is 2. The van der Waals surface area contributed by atoms with E-state index in [-0.39, 0.29) is 12.6 Å². The molecular weight excluding hydrogens is 250 g/mol.